The van der Waals surface area contributed by atoms with Gasteiger partial charge in [0.25, 0.3) is 5.56 Å². The van der Waals surface area contributed by atoms with Gasteiger partial charge >= 0.3 is 5.97 Å². The highest BCUT2D eigenvalue weighted by Crippen LogP contribution is 2.66. The molecule has 0 aromatic carbocycles. The van der Waals surface area contributed by atoms with Crippen LogP contribution in [0, 0.1) is 16.7 Å². The van der Waals surface area contributed by atoms with Crippen LogP contribution in [0.5, 0.6) is 0 Å². The Bertz CT molecular complexity index is 604. The van der Waals surface area contributed by atoms with Gasteiger partial charge in [-0.2, -0.15) is 0 Å². The van der Waals surface area contributed by atoms with Gasteiger partial charge in [-0.1, -0.05) is 20.8 Å². The summed E-state index contributed by atoms with van der Waals surface area (Å²) in [6, 6.07) is 3.16. The van der Waals surface area contributed by atoms with Crippen molar-refractivity contribution in [3.63, 3.8) is 0 Å². The first-order valence-electron chi connectivity index (χ1n) is 7.25. The lowest BCUT2D eigenvalue weighted by Gasteiger charge is -2.38. The highest BCUT2D eigenvalue weighted by Gasteiger charge is 2.62. The molecule has 3 unspecified atom stereocenters. The number of aromatic amines is 1. The van der Waals surface area contributed by atoms with Gasteiger partial charge in [-0.25, -0.2) is 4.79 Å². The molecule has 0 spiro atoms. The van der Waals surface area contributed by atoms with Crippen LogP contribution in [-0.4, -0.2) is 17.1 Å². The summed E-state index contributed by atoms with van der Waals surface area (Å²) in [5.41, 5.74) is -0.0719. The second-order valence-electron chi connectivity index (χ2n) is 6.92. The predicted molar refractivity (Wildman–Crippen MR) is 75.5 cm³/mol. The molecule has 1 aromatic heterocycles. The fourth-order valence-electron chi connectivity index (χ4n) is 4.08. The minimum absolute atomic E-state index is 0.0227. The monoisotopic (exact) mass is 275 g/mol. The molecule has 2 aliphatic carbocycles. The van der Waals surface area contributed by atoms with E-state index in [0.29, 0.717) is 5.92 Å². The number of ether oxygens (including phenoxy) is 1. The van der Waals surface area contributed by atoms with Crippen LogP contribution in [0.2, 0.25) is 0 Å². The molecule has 1 aromatic rings. The summed E-state index contributed by atoms with van der Waals surface area (Å²) in [6.45, 7) is 6.76. The number of fused-ring (bicyclic) bond motifs is 2. The number of hydrogen-bond acceptors (Lipinski definition) is 3. The Hall–Kier alpha value is -1.58. The first-order chi connectivity index (χ1) is 9.36. The van der Waals surface area contributed by atoms with Crippen LogP contribution in [0.25, 0.3) is 0 Å². The minimum Gasteiger partial charge on any atom is -0.458 e. The van der Waals surface area contributed by atoms with E-state index in [1.165, 1.54) is 18.7 Å². The summed E-state index contributed by atoms with van der Waals surface area (Å²) >= 11 is 0. The molecule has 2 saturated carbocycles. The number of hydrogen-bond donors (Lipinski definition) is 1. The molecule has 3 atom stereocenters. The molecule has 2 aliphatic rings. The maximum absolute atomic E-state index is 12.2. The van der Waals surface area contributed by atoms with Crippen LogP contribution in [0.4, 0.5) is 0 Å². The first kappa shape index (κ1) is 13.4. The molecule has 0 aliphatic heterocycles. The number of nitrogens with one attached hydrogen (secondary N) is 1. The smallest absolute Gasteiger partial charge is 0.344 e. The molecular formula is C16H21NO3. The third-order valence-corrected chi connectivity index (χ3v) is 6.00. The lowest BCUT2D eigenvalue weighted by Crippen LogP contribution is -2.39. The summed E-state index contributed by atoms with van der Waals surface area (Å²) in [7, 11) is 0. The Morgan fingerprint density at radius 2 is 2.15 bits per heavy atom. The van der Waals surface area contributed by atoms with Crippen LogP contribution in [0.1, 0.15) is 50.4 Å². The van der Waals surface area contributed by atoms with Gasteiger partial charge in [0.1, 0.15) is 11.7 Å². The SMILES string of the molecule is CC1(C)C2CCC1(C)C(OC(=O)c1ccc[nH]c1=O)C2. The number of H-pyrrole nitrogens is 1. The molecule has 0 amide bonds. The van der Waals surface area contributed by atoms with Gasteiger partial charge in [-0.3, -0.25) is 4.79 Å². The molecule has 2 bridgehead atoms. The molecule has 1 N–H and O–H groups in total. The van der Waals surface area contributed by atoms with Gasteiger partial charge in [0, 0.05) is 11.6 Å². The van der Waals surface area contributed by atoms with Gasteiger partial charge < -0.3 is 9.72 Å². The highest BCUT2D eigenvalue weighted by molar-refractivity contribution is 5.89. The summed E-state index contributed by atoms with van der Waals surface area (Å²) in [4.78, 5) is 26.4. The Labute approximate surface area is 118 Å². The molecule has 0 saturated heterocycles. The molecule has 0 radical (unpaired) electrons. The van der Waals surface area contributed by atoms with Crippen LogP contribution in [0.3, 0.4) is 0 Å². The van der Waals surface area contributed by atoms with Crippen molar-refractivity contribution in [2.45, 2.75) is 46.1 Å². The van der Waals surface area contributed by atoms with Gasteiger partial charge in [0.05, 0.1) is 0 Å². The van der Waals surface area contributed by atoms with Crippen LogP contribution < -0.4 is 5.56 Å². The van der Waals surface area contributed by atoms with E-state index in [1.807, 2.05) is 0 Å². The van der Waals surface area contributed by atoms with E-state index in [1.54, 1.807) is 6.07 Å². The van der Waals surface area contributed by atoms with Crippen molar-refractivity contribution >= 4 is 5.97 Å². The minimum atomic E-state index is -0.499. The Balaban J connectivity index is 1.82. The molecule has 20 heavy (non-hydrogen) atoms. The maximum Gasteiger partial charge on any atom is 0.344 e. The molecule has 4 nitrogen and oxygen atoms in total. The quantitative estimate of drug-likeness (QED) is 0.844. The first-order valence-corrected chi connectivity index (χ1v) is 7.25. The second kappa shape index (κ2) is 4.21. The van der Waals surface area contributed by atoms with E-state index >= 15 is 0 Å². The van der Waals surface area contributed by atoms with Gasteiger partial charge in [-0.05, 0) is 42.7 Å². The van der Waals surface area contributed by atoms with Crippen LogP contribution in [0.15, 0.2) is 23.1 Å². The summed E-state index contributed by atoms with van der Waals surface area (Å²) in [6.07, 6.45) is 4.65. The topological polar surface area (TPSA) is 59.2 Å². The van der Waals surface area contributed by atoms with Gasteiger partial charge in [0.2, 0.25) is 0 Å². The maximum atomic E-state index is 12.2. The summed E-state index contributed by atoms with van der Waals surface area (Å²) in [5, 5.41) is 0. The van der Waals surface area contributed by atoms with Crippen molar-refractivity contribution in [1.29, 1.82) is 0 Å². The van der Waals surface area contributed by atoms with Gasteiger partial charge in [-0.15, -0.1) is 0 Å². The normalized spacial score (nSPS) is 34.1. The van der Waals surface area contributed by atoms with E-state index in [0.717, 1.165) is 12.8 Å². The van der Waals surface area contributed by atoms with E-state index in [2.05, 4.69) is 25.8 Å². The zero-order valence-electron chi connectivity index (χ0n) is 12.2. The Morgan fingerprint density at radius 3 is 2.70 bits per heavy atom. The van der Waals surface area contributed by atoms with E-state index < -0.39 is 5.97 Å². The Kier molecular flexibility index (Phi) is 2.82. The molecule has 108 valence electrons. The average molecular weight is 275 g/mol. The third-order valence-electron chi connectivity index (χ3n) is 6.00. The summed E-state index contributed by atoms with van der Waals surface area (Å²) < 4.78 is 5.69. The van der Waals surface area contributed by atoms with E-state index in [-0.39, 0.29) is 28.1 Å². The van der Waals surface area contributed by atoms with Crippen LogP contribution >= 0.6 is 0 Å². The number of aromatic nitrogens is 1. The number of rotatable bonds is 2. The van der Waals surface area contributed by atoms with E-state index in [9.17, 15) is 9.59 Å². The second-order valence-corrected chi connectivity index (χ2v) is 6.92. The lowest BCUT2D eigenvalue weighted by atomic mass is 9.70. The molecule has 4 heteroatoms. The Morgan fingerprint density at radius 1 is 1.40 bits per heavy atom. The number of carbonyl (C=O) groups excluding carboxylic acids is 1. The predicted octanol–water partition coefficient (Wildman–Crippen LogP) is 2.75. The van der Waals surface area contributed by atoms with Gasteiger partial charge in [0.15, 0.2) is 0 Å². The zero-order chi connectivity index (χ0) is 14.5. The fraction of sp³-hybridized carbons (Fsp3) is 0.625. The number of pyridine rings is 1. The number of esters is 1. The zero-order valence-corrected chi connectivity index (χ0v) is 12.2. The van der Waals surface area contributed by atoms with Crippen molar-refractivity contribution < 1.29 is 9.53 Å². The highest BCUT2D eigenvalue weighted by atomic mass is 16.5. The summed E-state index contributed by atoms with van der Waals surface area (Å²) in [5.74, 6) is 0.112. The van der Waals surface area contributed by atoms with Crippen molar-refractivity contribution in [1.82, 2.24) is 4.98 Å². The molecule has 3 rings (SSSR count). The van der Waals surface area contributed by atoms with Crippen molar-refractivity contribution in [3.05, 3.63) is 34.2 Å². The third kappa shape index (κ3) is 1.67. The van der Waals surface area contributed by atoms with Crippen molar-refractivity contribution in [3.8, 4) is 0 Å². The molecule has 2 fully saturated rings. The molecular weight excluding hydrogens is 254 g/mol. The number of carbonyl (C=O) groups is 1. The standard InChI is InChI=1S/C16H21NO3/c1-15(2)10-6-7-16(15,3)12(9-10)20-14(19)11-5-4-8-17-13(11)18/h4-5,8,10,12H,6-7,9H2,1-3H3,(H,17,18). The van der Waals surface area contributed by atoms with E-state index in [4.69, 9.17) is 4.74 Å². The van der Waals surface area contributed by atoms with Crippen molar-refractivity contribution in [2.75, 3.05) is 0 Å². The average Bonchev–Trinajstić information content (AvgIpc) is 2.72. The van der Waals surface area contributed by atoms with Crippen molar-refractivity contribution in [2.24, 2.45) is 16.7 Å². The van der Waals surface area contributed by atoms with Crippen LogP contribution in [-0.2, 0) is 4.74 Å². The fourth-order valence-corrected chi connectivity index (χ4v) is 4.08. The largest absolute Gasteiger partial charge is 0.458 e. The molecule has 1 heterocycles. The lowest BCUT2D eigenvalue weighted by molar-refractivity contribution is -0.0243.